The summed E-state index contributed by atoms with van der Waals surface area (Å²) in [6, 6.07) is 0.995. The molecule has 0 saturated carbocycles. The lowest BCUT2D eigenvalue weighted by Crippen LogP contribution is -2.31. The number of halogens is 3. The molecule has 0 radical (unpaired) electrons. The van der Waals surface area contributed by atoms with Gasteiger partial charge < -0.3 is 15.1 Å². The van der Waals surface area contributed by atoms with Gasteiger partial charge in [-0.25, -0.2) is 22.8 Å². The Morgan fingerprint density at radius 2 is 1.58 bits per heavy atom. The van der Waals surface area contributed by atoms with E-state index in [-0.39, 0.29) is 24.9 Å². The average Bonchev–Trinajstić information content (AvgIpc) is 2.53. The third-order valence-electron chi connectivity index (χ3n) is 3.56. The Morgan fingerprint density at radius 3 is 1.96 bits per heavy atom. The van der Waals surface area contributed by atoms with Crippen LogP contribution >= 0.6 is 0 Å². The van der Waals surface area contributed by atoms with Crippen LogP contribution in [0.25, 0.3) is 0 Å². The monoisotopic (exact) mass is 345 g/mol. The van der Waals surface area contributed by atoms with Crippen molar-refractivity contribution in [2.45, 2.75) is 33.6 Å². The second-order valence-corrected chi connectivity index (χ2v) is 4.89. The van der Waals surface area contributed by atoms with Gasteiger partial charge in [-0.3, -0.25) is 0 Å². The fourth-order valence-corrected chi connectivity index (χ4v) is 2.37. The van der Waals surface area contributed by atoms with Gasteiger partial charge in [0, 0.05) is 6.54 Å². The molecule has 0 fully saturated rings. The van der Waals surface area contributed by atoms with Gasteiger partial charge in [0.05, 0.1) is 11.3 Å². The molecule has 0 heterocycles. The Kier molecular flexibility index (Phi) is 6.39. The molecule has 1 aromatic rings. The maximum absolute atomic E-state index is 14.2. The third kappa shape index (κ3) is 3.52. The number of hydrogen-bond donors (Lipinski definition) is 2. The summed E-state index contributed by atoms with van der Waals surface area (Å²) < 4.78 is 41.6. The van der Waals surface area contributed by atoms with Crippen molar-refractivity contribution in [1.29, 1.82) is 0 Å². The van der Waals surface area contributed by atoms with Crippen molar-refractivity contribution >= 4 is 17.6 Å². The molecule has 0 atom stereocenters. The van der Waals surface area contributed by atoms with Crippen molar-refractivity contribution in [3.8, 4) is 0 Å². The minimum Gasteiger partial charge on any atom is -0.478 e. The molecule has 24 heavy (non-hydrogen) atoms. The number of anilines is 1. The van der Waals surface area contributed by atoms with Gasteiger partial charge in [0.1, 0.15) is 5.70 Å². The first-order chi connectivity index (χ1) is 11.2. The van der Waals surface area contributed by atoms with E-state index in [2.05, 4.69) is 0 Å². The Hall–Kier alpha value is -2.51. The summed E-state index contributed by atoms with van der Waals surface area (Å²) in [7, 11) is 0. The lowest BCUT2D eigenvalue weighted by molar-refractivity contribution is -0.136. The predicted octanol–water partition coefficient (Wildman–Crippen LogP) is 3.33. The van der Waals surface area contributed by atoms with Gasteiger partial charge in [-0.1, -0.05) is 13.8 Å². The van der Waals surface area contributed by atoms with Gasteiger partial charge in [0.25, 0.3) is 0 Å². The van der Waals surface area contributed by atoms with Crippen LogP contribution in [0.5, 0.6) is 0 Å². The number of benzene rings is 1. The van der Waals surface area contributed by atoms with Crippen molar-refractivity contribution in [2.24, 2.45) is 0 Å². The van der Waals surface area contributed by atoms with Crippen LogP contribution in [0.4, 0.5) is 18.9 Å². The second-order valence-electron chi connectivity index (χ2n) is 4.89. The highest BCUT2D eigenvalue weighted by molar-refractivity contribution is 6.01. The number of aryl methyl sites for hydroxylation is 1. The molecule has 1 rings (SSSR count). The van der Waals surface area contributed by atoms with E-state index in [4.69, 9.17) is 0 Å². The number of likely N-dealkylation sites (N-methyl/N-ethyl adjacent to an activating group) is 1. The Bertz CT molecular complexity index is 701. The zero-order valence-electron chi connectivity index (χ0n) is 13.5. The number of nitrogens with zero attached hydrogens (tertiary/aromatic N) is 1. The predicted molar refractivity (Wildman–Crippen MR) is 81.3 cm³/mol. The van der Waals surface area contributed by atoms with E-state index in [0.717, 1.165) is 11.0 Å². The van der Waals surface area contributed by atoms with Crippen LogP contribution in [0, 0.1) is 17.5 Å². The van der Waals surface area contributed by atoms with E-state index < -0.39 is 46.3 Å². The summed E-state index contributed by atoms with van der Waals surface area (Å²) in [4.78, 5) is 23.6. The van der Waals surface area contributed by atoms with Crippen LogP contribution in [-0.4, -0.2) is 28.7 Å². The molecule has 5 nitrogen and oxygen atoms in total. The van der Waals surface area contributed by atoms with Crippen molar-refractivity contribution in [2.75, 3.05) is 11.4 Å². The third-order valence-corrected chi connectivity index (χ3v) is 3.56. The normalized spacial score (nSPS) is 11.9. The van der Waals surface area contributed by atoms with Crippen LogP contribution in [-0.2, 0) is 16.0 Å². The Labute approximate surface area is 137 Å². The lowest BCUT2D eigenvalue weighted by Gasteiger charge is -2.26. The zero-order valence-corrected chi connectivity index (χ0v) is 13.5. The number of carboxylic acid groups (broad SMARTS) is 2. The lowest BCUT2D eigenvalue weighted by atomic mass is 10.1. The number of carbonyl (C=O) groups is 2. The van der Waals surface area contributed by atoms with E-state index in [1.54, 1.807) is 0 Å². The van der Waals surface area contributed by atoms with Crippen molar-refractivity contribution in [1.82, 2.24) is 0 Å². The summed E-state index contributed by atoms with van der Waals surface area (Å²) in [5.74, 6) is -7.71. The largest absolute Gasteiger partial charge is 0.478 e. The Balaban J connectivity index is 3.75. The fourth-order valence-electron chi connectivity index (χ4n) is 2.37. The van der Waals surface area contributed by atoms with E-state index in [1.807, 2.05) is 0 Å². The first-order valence-corrected chi connectivity index (χ1v) is 7.34. The minimum absolute atomic E-state index is 0.0548. The highest BCUT2D eigenvalue weighted by Crippen LogP contribution is 2.31. The van der Waals surface area contributed by atoms with Crippen molar-refractivity contribution in [3.05, 3.63) is 40.4 Å². The molecular weight excluding hydrogens is 327 g/mol. The number of hydrogen-bond acceptors (Lipinski definition) is 3. The molecule has 0 aliphatic rings. The van der Waals surface area contributed by atoms with Gasteiger partial charge in [-0.05, 0) is 31.4 Å². The number of carboxylic acids is 2. The second kappa shape index (κ2) is 7.85. The number of rotatable bonds is 7. The first-order valence-electron chi connectivity index (χ1n) is 7.34. The molecule has 8 heteroatoms. The molecule has 1 aromatic carbocycles. The SMILES string of the molecule is CCC(C(=O)O)=C(C(=O)O)N(CC)c1cc(CC)c(F)c(F)c1F. The molecule has 132 valence electrons. The molecule has 0 bridgehead atoms. The summed E-state index contributed by atoms with van der Waals surface area (Å²) in [6.07, 6.45) is -0.0847. The van der Waals surface area contributed by atoms with Crippen molar-refractivity contribution in [3.63, 3.8) is 0 Å². The van der Waals surface area contributed by atoms with Crippen LogP contribution in [0.1, 0.15) is 32.8 Å². The Morgan fingerprint density at radius 1 is 1.00 bits per heavy atom. The molecule has 0 aromatic heterocycles. The molecule has 0 unspecified atom stereocenters. The van der Waals surface area contributed by atoms with Crippen molar-refractivity contribution < 1.29 is 33.0 Å². The quantitative estimate of drug-likeness (QED) is 0.585. The van der Waals surface area contributed by atoms with Gasteiger partial charge >= 0.3 is 11.9 Å². The molecule has 0 spiro atoms. The molecular formula is C16H18F3NO4. The van der Waals surface area contributed by atoms with Crippen LogP contribution in [0.2, 0.25) is 0 Å². The van der Waals surface area contributed by atoms with Gasteiger partial charge in [0.15, 0.2) is 17.5 Å². The minimum atomic E-state index is -1.72. The van der Waals surface area contributed by atoms with Crippen LogP contribution in [0.15, 0.2) is 17.3 Å². The highest BCUT2D eigenvalue weighted by Gasteiger charge is 2.29. The summed E-state index contributed by atoms with van der Waals surface area (Å²) >= 11 is 0. The van der Waals surface area contributed by atoms with E-state index in [9.17, 15) is 33.0 Å². The summed E-state index contributed by atoms with van der Waals surface area (Å²) in [6.45, 7) is 4.26. The summed E-state index contributed by atoms with van der Waals surface area (Å²) in [5.41, 5.74) is -1.80. The van der Waals surface area contributed by atoms with Gasteiger partial charge in [-0.15, -0.1) is 0 Å². The number of aliphatic carboxylic acids is 2. The zero-order chi connectivity index (χ0) is 18.6. The maximum atomic E-state index is 14.2. The highest BCUT2D eigenvalue weighted by atomic mass is 19.2. The summed E-state index contributed by atoms with van der Waals surface area (Å²) in [5, 5.41) is 18.6. The van der Waals surface area contributed by atoms with E-state index in [0.29, 0.717) is 0 Å². The van der Waals surface area contributed by atoms with E-state index in [1.165, 1.54) is 20.8 Å². The topological polar surface area (TPSA) is 77.8 Å². The standard InChI is InChI=1S/C16H18F3NO4/c1-4-8-7-10(12(18)13(19)11(8)17)20(6-3)14(16(23)24)9(5-2)15(21)22/h7H,4-6H2,1-3H3,(H,21,22)(H,23,24). The fraction of sp³-hybridized carbons (Fsp3) is 0.375. The van der Waals surface area contributed by atoms with Crippen LogP contribution < -0.4 is 4.90 Å². The maximum Gasteiger partial charge on any atom is 0.353 e. The molecule has 0 amide bonds. The first kappa shape index (κ1) is 19.5. The smallest absolute Gasteiger partial charge is 0.353 e. The molecule has 2 N–H and O–H groups in total. The molecule has 0 aliphatic heterocycles. The van der Waals surface area contributed by atoms with Gasteiger partial charge in [0.2, 0.25) is 0 Å². The van der Waals surface area contributed by atoms with E-state index >= 15 is 0 Å². The van der Waals surface area contributed by atoms with Crippen LogP contribution in [0.3, 0.4) is 0 Å². The average molecular weight is 345 g/mol. The van der Waals surface area contributed by atoms with Gasteiger partial charge in [-0.2, -0.15) is 0 Å². The molecule has 0 saturated heterocycles. The molecule has 0 aliphatic carbocycles.